The van der Waals surface area contributed by atoms with Crippen molar-refractivity contribution in [1.29, 1.82) is 0 Å². The molecule has 0 fully saturated rings. The van der Waals surface area contributed by atoms with E-state index in [4.69, 9.17) is 0 Å². The molecule has 0 amide bonds. The number of aryl methyl sites for hydroxylation is 1. The van der Waals surface area contributed by atoms with Gasteiger partial charge in [0.25, 0.3) is 6.30 Å². The molecule has 0 spiro atoms. The number of hydrogen-bond acceptors (Lipinski definition) is 3. The zero-order valence-corrected chi connectivity index (χ0v) is 8.24. The van der Waals surface area contributed by atoms with Gasteiger partial charge in [0, 0.05) is 18.8 Å². The zero-order valence-electron chi connectivity index (χ0n) is 8.24. The quantitative estimate of drug-likeness (QED) is 0.691. The second-order valence-corrected chi connectivity index (χ2v) is 2.69. The lowest BCUT2D eigenvalue weighted by Gasteiger charge is -2.10. The summed E-state index contributed by atoms with van der Waals surface area (Å²) in [7, 11) is 0. The second kappa shape index (κ2) is 4.74. The summed E-state index contributed by atoms with van der Waals surface area (Å²) in [5, 5.41) is 0. The number of esters is 1. The molecule has 78 valence electrons. The molecule has 0 saturated carbocycles. The lowest BCUT2D eigenvalue weighted by molar-refractivity contribution is -0.152. The number of rotatable bonds is 4. The van der Waals surface area contributed by atoms with Gasteiger partial charge >= 0.3 is 5.97 Å². The van der Waals surface area contributed by atoms with Gasteiger partial charge in [-0.15, -0.1) is 0 Å². The summed E-state index contributed by atoms with van der Waals surface area (Å²) in [6, 6.07) is 0. The lowest BCUT2D eigenvalue weighted by Crippen LogP contribution is -2.19. The van der Waals surface area contributed by atoms with Crippen LogP contribution in [0.1, 0.15) is 26.0 Å². The topological polar surface area (TPSA) is 44.1 Å². The van der Waals surface area contributed by atoms with Crippen molar-refractivity contribution in [1.82, 2.24) is 9.55 Å². The molecule has 1 heterocycles. The maximum Gasteiger partial charge on any atom is 0.362 e. The largest absolute Gasteiger partial charge is 0.462 e. The van der Waals surface area contributed by atoms with Gasteiger partial charge in [0.05, 0.1) is 6.61 Å². The zero-order chi connectivity index (χ0) is 10.6. The summed E-state index contributed by atoms with van der Waals surface area (Å²) in [5.41, 5.74) is 0. The smallest absolute Gasteiger partial charge is 0.362 e. The van der Waals surface area contributed by atoms with Crippen LogP contribution in [-0.2, 0) is 16.0 Å². The van der Waals surface area contributed by atoms with Gasteiger partial charge in [0.15, 0.2) is 0 Å². The number of imidazole rings is 1. The number of hydrogen-bond donors (Lipinski definition) is 0. The van der Waals surface area contributed by atoms with Gasteiger partial charge in [0.2, 0.25) is 0 Å². The average Bonchev–Trinajstić information content (AvgIpc) is 2.64. The molecule has 0 radical (unpaired) electrons. The molecule has 0 aliphatic heterocycles. The predicted octanol–water partition coefficient (Wildman–Crippen LogP) is 1.48. The number of nitrogens with zero attached hydrogens (tertiary/aromatic N) is 2. The molecule has 0 aliphatic carbocycles. The summed E-state index contributed by atoms with van der Waals surface area (Å²) in [5.74, 6) is -0.342. The molecular formula is C9H13FN2O2. The first kappa shape index (κ1) is 10.7. The van der Waals surface area contributed by atoms with E-state index in [0.717, 1.165) is 0 Å². The van der Waals surface area contributed by atoms with Crippen LogP contribution in [0.5, 0.6) is 0 Å². The highest BCUT2D eigenvalue weighted by atomic mass is 19.1. The van der Waals surface area contributed by atoms with Gasteiger partial charge in [0.1, 0.15) is 5.82 Å². The third kappa shape index (κ3) is 2.10. The van der Waals surface area contributed by atoms with E-state index in [2.05, 4.69) is 9.72 Å². The van der Waals surface area contributed by atoms with Crippen LogP contribution in [0.15, 0.2) is 12.4 Å². The fourth-order valence-corrected chi connectivity index (χ4v) is 1.15. The number of ether oxygens (including phenoxy) is 1. The first-order valence-corrected chi connectivity index (χ1v) is 4.53. The van der Waals surface area contributed by atoms with E-state index in [1.165, 1.54) is 17.0 Å². The Kier molecular flexibility index (Phi) is 3.62. The van der Waals surface area contributed by atoms with E-state index in [1.54, 1.807) is 6.92 Å². The normalized spacial score (nSPS) is 12.5. The summed E-state index contributed by atoms with van der Waals surface area (Å²) in [4.78, 5) is 15.0. The van der Waals surface area contributed by atoms with Crippen molar-refractivity contribution >= 4 is 5.97 Å². The van der Waals surface area contributed by atoms with Gasteiger partial charge in [-0.25, -0.2) is 14.2 Å². The van der Waals surface area contributed by atoms with Gasteiger partial charge in [-0.05, 0) is 6.92 Å². The van der Waals surface area contributed by atoms with Crippen LogP contribution in [-0.4, -0.2) is 22.1 Å². The first-order chi connectivity index (χ1) is 6.70. The minimum absolute atomic E-state index is 0.176. The Morgan fingerprint density at radius 3 is 3.00 bits per heavy atom. The van der Waals surface area contributed by atoms with Crippen LogP contribution in [0.2, 0.25) is 0 Å². The van der Waals surface area contributed by atoms with E-state index >= 15 is 0 Å². The highest BCUT2D eigenvalue weighted by Gasteiger charge is 2.22. The Hall–Kier alpha value is -1.39. The molecule has 14 heavy (non-hydrogen) atoms. The molecule has 1 atom stereocenters. The number of halogens is 1. The van der Waals surface area contributed by atoms with E-state index in [-0.39, 0.29) is 6.61 Å². The Labute approximate surface area is 81.7 Å². The summed E-state index contributed by atoms with van der Waals surface area (Å²) < 4.78 is 19.2. The fourth-order valence-electron chi connectivity index (χ4n) is 1.15. The minimum atomic E-state index is -1.78. The van der Waals surface area contributed by atoms with E-state index in [1.807, 2.05) is 6.92 Å². The van der Waals surface area contributed by atoms with Crippen molar-refractivity contribution in [3.8, 4) is 0 Å². The molecule has 5 heteroatoms. The van der Waals surface area contributed by atoms with Crippen molar-refractivity contribution in [3.05, 3.63) is 18.2 Å². The minimum Gasteiger partial charge on any atom is -0.462 e. The third-order valence-corrected chi connectivity index (χ3v) is 1.79. The molecule has 0 aliphatic rings. The van der Waals surface area contributed by atoms with Crippen LogP contribution >= 0.6 is 0 Å². The monoisotopic (exact) mass is 200 g/mol. The van der Waals surface area contributed by atoms with E-state index in [9.17, 15) is 9.18 Å². The Morgan fingerprint density at radius 2 is 2.43 bits per heavy atom. The van der Waals surface area contributed by atoms with Crippen LogP contribution in [0, 0.1) is 0 Å². The summed E-state index contributed by atoms with van der Waals surface area (Å²) >= 11 is 0. The van der Waals surface area contributed by atoms with Gasteiger partial charge in [-0.3, -0.25) is 4.57 Å². The Balaban J connectivity index is 2.77. The molecule has 0 aromatic carbocycles. The molecule has 1 rings (SSSR count). The molecule has 0 N–H and O–H groups in total. The van der Waals surface area contributed by atoms with Crippen LogP contribution in [0.3, 0.4) is 0 Å². The van der Waals surface area contributed by atoms with Crippen molar-refractivity contribution in [2.24, 2.45) is 0 Å². The van der Waals surface area contributed by atoms with Crippen molar-refractivity contribution in [2.45, 2.75) is 26.6 Å². The number of aromatic nitrogens is 2. The Bertz CT molecular complexity index is 312. The highest BCUT2D eigenvalue weighted by Crippen LogP contribution is 2.13. The number of carbonyl (C=O) groups excluding carboxylic acids is 1. The van der Waals surface area contributed by atoms with Gasteiger partial charge in [-0.1, -0.05) is 6.92 Å². The fraction of sp³-hybridized carbons (Fsp3) is 0.556. The van der Waals surface area contributed by atoms with E-state index in [0.29, 0.717) is 12.2 Å². The summed E-state index contributed by atoms with van der Waals surface area (Å²) in [6.07, 6.45) is 1.69. The van der Waals surface area contributed by atoms with Crippen LogP contribution in [0.25, 0.3) is 0 Å². The van der Waals surface area contributed by atoms with Crippen molar-refractivity contribution in [3.63, 3.8) is 0 Å². The van der Waals surface area contributed by atoms with Crippen LogP contribution in [0.4, 0.5) is 4.39 Å². The maximum atomic E-state index is 13.4. The SMILES string of the molecule is CCOC(=O)C(F)n1ccnc1CC. The lowest BCUT2D eigenvalue weighted by atomic mass is 10.4. The number of alkyl halides is 1. The molecule has 1 aromatic rings. The standard InChI is InChI=1S/C9H13FN2O2/c1-3-7-11-5-6-12(7)8(10)9(13)14-4-2/h5-6,8H,3-4H2,1-2H3. The van der Waals surface area contributed by atoms with Crippen molar-refractivity contribution < 1.29 is 13.9 Å². The van der Waals surface area contributed by atoms with Crippen LogP contribution < -0.4 is 0 Å². The molecule has 0 bridgehead atoms. The molecular weight excluding hydrogens is 187 g/mol. The van der Waals surface area contributed by atoms with Gasteiger partial charge < -0.3 is 4.74 Å². The maximum absolute atomic E-state index is 13.4. The first-order valence-electron chi connectivity index (χ1n) is 4.53. The predicted molar refractivity (Wildman–Crippen MR) is 48.4 cm³/mol. The molecule has 1 unspecified atom stereocenters. The molecule has 1 aromatic heterocycles. The number of carbonyl (C=O) groups is 1. The third-order valence-electron chi connectivity index (χ3n) is 1.79. The van der Waals surface area contributed by atoms with Gasteiger partial charge in [-0.2, -0.15) is 0 Å². The highest BCUT2D eigenvalue weighted by molar-refractivity contribution is 5.72. The average molecular weight is 200 g/mol. The second-order valence-electron chi connectivity index (χ2n) is 2.69. The molecule has 0 saturated heterocycles. The van der Waals surface area contributed by atoms with E-state index < -0.39 is 12.3 Å². The van der Waals surface area contributed by atoms with Crippen molar-refractivity contribution in [2.75, 3.05) is 6.61 Å². The molecule has 4 nitrogen and oxygen atoms in total. The summed E-state index contributed by atoms with van der Waals surface area (Å²) in [6.45, 7) is 3.66. The Morgan fingerprint density at radius 1 is 1.71 bits per heavy atom.